The highest BCUT2D eigenvalue weighted by Gasteiger charge is 2.17. The SMILES string of the molecule is Cc1ccc(N[C@H](C)C(=O)NCc2ccc3c(c2)OCO3)cc1S(N)(=O)=O. The van der Waals surface area contributed by atoms with Crippen LogP contribution < -0.4 is 25.2 Å². The number of hydrogen-bond acceptors (Lipinski definition) is 6. The predicted molar refractivity (Wildman–Crippen MR) is 100 cm³/mol. The molecule has 0 spiro atoms. The van der Waals surface area contributed by atoms with Crippen molar-refractivity contribution in [1.29, 1.82) is 0 Å². The summed E-state index contributed by atoms with van der Waals surface area (Å²) in [5.41, 5.74) is 1.92. The van der Waals surface area contributed by atoms with Crippen molar-refractivity contribution in [3.05, 3.63) is 47.5 Å². The van der Waals surface area contributed by atoms with Crippen LogP contribution in [0.3, 0.4) is 0 Å². The Labute approximate surface area is 157 Å². The second-order valence-corrected chi connectivity index (χ2v) is 7.83. The highest BCUT2D eigenvalue weighted by molar-refractivity contribution is 7.89. The molecule has 8 nitrogen and oxygen atoms in total. The zero-order valence-corrected chi connectivity index (χ0v) is 15.8. The van der Waals surface area contributed by atoms with Crippen molar-refractivity contribution in [2.45, 2.75) is 31.3 Å². The van der Waals surface area contributed by atoms with E-state index in [1.807, 2.05) is 12.1 Å². The number of rotatable bonds is 6. The zero-order valence-electron chi connectivity index (χ0n) is 15.0. The molecule has 0 saturated heterocycles. The second-order valence-electron chi connectivity index (χ2n) is 6.30. The third-order valence-electron chi connectivity index (χ3n) is 4.17. The largest absolute Gasteiger partial charge is 0.454 e. The van der Waals surface area contributed by atoms with Crippen LogP contribution in [0.25, 0.3) is 0 Å². The summed E-state index contributed by atoms with van der Waals surface area (Å²) in [4.78, 5) is 12.4. The minimum atomic E-state index is -3.83. The fourth-order valence-electron chi connectivity index (χ4n) is 2.71. The van der Waals surface area contributed by atoms with Crippen LogP contribution in [0.15, 0.2) is 41.3 Å². The molecule has 0 bridgehead atoms. The first-order valence-corrected chi connectivity index (χ1v) is 9.85. The van der Waals surface area contributed by atoms with Crippen molar-refractivity contribution in [1.82, 2.24) is 5.32 Å². The Morgan fingerprint density at radius 2 is 1.93 bits per heavy atom. The molecule has 3 rings (SSSR count). The highest BCUT2D eigenvalue weighted by atomic mass is 32.2. The Balaban J connectivity index is 1.61. The molecule has 1 heterocycles. The standard InChI is InChI=1S/C18H21N3O5S/c1-11-3-5-14(8-17(11)27(19,23)24)21-12(2)18(22)20-9-13-4-6-15-16(7-13)26-10-25-15/h3-8,12,21H,9-10H2,1-2H3,(H,20,22)(H2,19,23,24)/t12-/m1/s1. The summed E-state index contributed by atoms with van der Waals surface area (Å²) in [5, 5.41) is 11.0. The van der Waals surface area contributed by atoms with Crippen LogP contribution in [-0.4, -0.2) is 27.2 Å². The number of carbonyl (C=O) groups is 1. The molecule has 0 saturated carbocycles. The maximum atomic E-state index is 12.3. The Hall–Kier alpha value is -2.78. The van der Waals surface area contributed by atoms with Gasteiger partial charge in [-0.2, -0.15) is 0 Å². The van der Waals surface area contributed by atoms with E-state index in [-0.39, 0.29) is 17.6 Å². The number of amides is 1. The van der Waals surface area contributed by atoms with Crippen LogP contribution >= 0.6 is 0 Å². The van der Waals surface area contributed by atoms with Gasteiger partial charge in [-0.1, -0.05) is 12.1 Å². The van der Waals surface area contributed by atoms with Gasteiger partial charge in [0.1, 0.15) is 6.04 Å². The summed E-state index contributed by atoms with van der Waals surface area (Å²) < 4.78 is 33.8. The van der Waals surface area contributed by atoms with Crippen molar-refractivity contribution < 1.29 is 22.7 Å². The molecule has 4 N–H and O–H groups in total. The summed E-state index contributed by atoms with van der Waals surface area (Å²) >= 11 is 0. The molecule has 0 fully saturated rings. The first kappa shape index (κ1) is 19.0. The van der Waals surface area contributed by atoms with Gasteiger partial charge in [-0.25, -0.2) is 13.6 Å². The van der Waals surface area contributed by atoms with Gasteiger partial charge in [-0.15, -0.1) is 0 Å². The summed E-state index contributed by atoms with van der Waals surface area (Å²) in [6.45, 7) is 3.87. The maximum Gasteiger partial charge on any atom is 0.242 e. The van der Waals surface area contributed by atoms with E-state index in [4.69, 9.17) is 14.6 Å². The molecule has 0 aliphatic carbocycles. The second kappa shape index (κ2) is 7.45. The van der Waals surface area contributed by atoms with Crippen LogP contribution in [0.1, 0.15) is 18.1 Å². The van der Waals surface area contributed by atoms with Gasteiger partial charge in [0.2, 0.25) is 22.7 Å². The topological polar surface area (TPSA) is 120 Å². The molecule has 2 aromatic carbocycles. The molecule has 0 unspecified atom stereocenters. The van der Waals surface area contributed by atoms with Crippen molar-refractivity contribution in [2.75, 3.05) is 12.1 Å². The lowest BCUT2D eigenvalue weighted by atomic mass is 10.2. The summed E-state index contributed by atoms with van der Waals surface area (Å²) in [7, 11) is -3.83. The van der Waals surface area contributed by atoms with Crippen LogP contribution in [0.4, 0.5) is 5.69 Å². The van der Waals surface area contributed by atoms with E-state index in [2.05, 4.69) is 10.6 Å². The lowest BCUT2D eigenvalue weighted by Crippen LogP contribution is -2.37. The molecule has 1 aliphatic heterocycles. The van der Waals surface area contributed by atoms with E-state index in [0.717, 1.165) is 5.56 Å². The number of nitrogens with one attached hydrogen (secondary N) is 2. The number of nitrogens with two attached hydrogens (primary N) is 1. The van der Waals surface area contributed by atoms with Crippen LogP contribution in [0.2, 0.25) is 0 Å². The number of carbonyl (C=O) groups excluding carboxylic acids is 1. The molecule has 9 heteroatoms. The summed E-state index contributed by atoms with van der Waals surface area (Å²) in [5.74, 6) is 1.11. The van der Waals surface area contributed by atoms with Crippen molar-refractivity contribution >= 4 is 21.6 Å². The van der Waals surface area contributed by atoms with Gasteiger partial charge in [0, 0.05) is 12.2 Å². The molecule has 2 aromatic rings. The number of primary sulfonamides is 1. The van der Waals surface area contributed by atoms with Gasteiger partial charge in [-0.05, 0) is 49.2 Å². The predicted octanol–water partition coefficient (Wildman–Crippen LogP) is 1.49. The van der Waals surface area contributed by atoms with E-state index < -0.39 is 16.1 Å². The molecular formula is C18H21N3O5S. The minimum absolute atomic E-state index is 0.0282. The maximum absolute atomic E-state index is 12.3. The quantitative estimate of drug-likeness (QED) is 0.686. The average molecular weight is 391 g/mol. The van der Waals surface area contributed by atoms with Gasteiger partial charge in [0.15, 0.2) is 11.5 Å². The van der Waals surface area contributed by atoms with E-state index in [9.17, 15) is 13.2 Å². The molecule has 0 aromatic heterocycles. The summed E-state index contributed by atoms with van der Waals surface area (Å²) in [6, 6.07) is 9.66. The smallest absolute Gasteiger partial charge is 0.242 e. The lowest BCUT2D eigenvalue weighted by molar-refractivity contribution is -0.121. The number of ether oxygens (including phenoxy) is 2. The third-order valence-corrected chi connectivity index (χ3v) is 5.23. The average Bonchev–Trinajstić information content (AvgIpc) is 3.08. The van der Waals surface area contributed by atoms with E-state index in [0.29, 0.717) is 29.3 Å². The molecular weight excluding hydrogens is 370 g/mol. The third kappa shape index (κ3) is 4.50. The Bertz CT molecular complexity index is 975. The van der Waals surface area contributed by atoms with Crippen LogP contribution in [-0.2, 0) is 21.4 Å². The monoisotopic (exact) mass is 391 g/mol. The molecule has 144 valence electrons. The van der Waals surface area contributed by atoms with Crippen LogP contribution in [0, 0.1) is 6.92 Å². The normalized spacial score (nSPS) is 13.9. The molecule has 1 atom stereocenters. The lowest BCUT2D eigenvalue weighted by Gasteiger charge is -2.16. The van der Waals surface area contributed by atoms with Crippen molar-refractivity contribution in [3.8, 4) is 11.5 Å². The van der Waals surface area contributed by atoms with Gasteiger partial charge >= 0.3 is 0 Å². The Kier molecular flexibility index (Phi) is 5.24. The number of benzene rings is 2. The molecule has 27 heavy (non-hydrogen) atoms. The van der Waals surface area contributed by atoms with Crippen molar-refractivity contribution in [3.63, 3.8) is 0 Å². The number of fused-ring (bicyclic) bond motifs is 1. The van der Waals surface area contributed by atoms with E-state index in [1.165, 1.54) is 6.07 Å². The molecule has 0 radical (unpaired) electrons. The fraction of sp³-hybridized carbons (Fsp3) is 0.278. The van der Waals surface area contributed by atoms with Crippen molar-refractivity contribution in [2.24, 2.45) is 5.14 Å². The number of sulfonamides is 1. The minimum Gasteiger partial charge on any atom is -0.454 e. The van der Waals surface area contributed by atoms with Crippen LogP contribution in [0.5, 0.6) is 11.5 Å². The number of anilines is 1. The highest BCUT2D eigenvalue weighted by Crippen LogP contribution is 2.32. The first-order chi connectivity index (χ1) is 12.7. The number of aryl methyl sites for hydroxylation is 1. The zero-order chi connectivity index (χ0) is 19.6. The Morgan fingerprint density at radius 1 is 1.19 bits per heavy atom. The van der Waals surface area contributed by atoms with Gasteiger partial charge in [0.05, 0.1) is 4.90 Å². The summed E-state index contributed by atoms with van der Waals surface area (Å²) in [6.07, 6.45) is 0. The fourth-order valence-corrected chi connectivity index (χ4v) is 3.51. The van der Waals surface area contributed by atoms with E-state index in [1.54, 1.807) is 32.0 Å². The first-order valence-electron chi connectivity index (χ1n) is 8.30. The van der Waals surface area contributed by atoms with E-state index >= 15 is 0 Å². The number of hydrogen-bond donors (Lipinski definition) is 3. The van der Waals surface area contributed by atoms with Gasteiger partial charge < -0.3 is 20.1 Å². The van der Waals surface area contributed by atoms with Gasteiger partial charge in [0.25, 0.3) is 0 Å². The Morgan fingerprint density at radius 3 is 2.67 bits per heavy atom. The van der Waals surface area contributed by atoms with Gasteiger partial charge in [-0.3, -0.25) is 4.79 Å². The molecule has 1 aliphatic rings. The molecule has 1 amide bonds.